The number of carbonyl (C=O) groups excluding carboxylic acids is 1. The summed E-state index contributed by atoms with van der Waals surface area (Å²) in [5.41, 5.74) is -0.394. The molecule has 0 bridgehead atoms. The zero-order valence-electron chi connectivity index (χ0n) is 11.4. The van der Waals surface area contributed by atoms with Crippen LogP contribution in [0.15, 0.2) is 28.7 Å². The average Bonchev–Trinajstić information content (AvgIpc) is 2.90. The second-order valence-corrected chi connectivity index (χ2v) is 6.16. The molecule has 0 saturated heterocycles. The summed E-state index contributed by atoms with van der Waals surface area (Å²) in [5, 5.41) is 12.4. The molecule has 1 fully saturated rings. The Kier molecular flexibility index (Phi) is 5.43. The summed E-state index contributed by atoms with van der Waals surface area (Å²) in [6, 6.07) is 7.51. The monoisotopic (exact) mass is 341 g/mol. The van der Waals surface area contributed by atoms with Crippen LogP contribution in [0.1, 0.15) is 32.1 Å². The fourth-order valence-electron chi connectivity index (χ4n) is 2.53. The number of aliphatic hydroxyl groups is 1. The first-order valence-electron chi connectivity index (χ1n) is 6.94. The van der Waals surface area contributed by atoms with E-state index in [9.17, 15) is 9.90 Å². The van der Waals surface area contributed by atoms with Gasteiger partial charge in [0.2, 0.25) is 5.91 Å². The molecular formula is C15H20BrNO3. The third-order valence-electron chi connectivity index (χ3n) is 3.68. The first kappa shape index (κ1) is 15.3. The molecule has 0 heterocycles. The maximum absolute atomic E-state index is 11.9. The first-order valence-corrected chi connectivity index (χ1v) is 7.73. The molecule has 4 nitrogen and oxygen atoms in total. The highest BCUT2D eigenvalue weighted by Crippen LogP contribution is 2.29. The summed E-state index contributed by atoms with van der Waals surface area (Å²) in [6.45, 7) is 0.362. The van der Waals surface area contributed by atoms with Crippen molar-refractivity contribution >= 4 is 21.8 Å². The Morgan fingerprint density at radius 2 is 1.95 bits per heavy atom. The van der Waals surface area contributed by atoms with Crippen LogP contribution in [0.3, 0.4) is 0 Å². The molecule has 1 amide bonds. The Morgan fingerprint density at radius 3 is 2.55 bits per heavy atom. The number of rotatable bonds is 6. The second kappa shape index (κ2) is 7.09. The molecule has 0 spiro atoms. The molecule has 0 aromatic heterocycles. The first-order chi connectivity index (χ1) is 9.63. The van der Waals surface area contributed by atoms with Gasteiger partial charge in [0.25, 0.3) is 0 Å². The van der Waals surface area contributed by atoms with Gasteiger partial charge >= 0.3 is 0 Å². The molecule has 0 unspecified atom stereocenters. The number of hydrogen-bond acceptors (Lipinski definition) is 3. The minimum absolute atomic E-state index is 0.0201. The van der Waals surface area contributed by atoms with Crippen LogP contribution in [0, 0.1) is 0 Å². The van der Waals surface area contributed by atoms with Crippen molar-refractivity contribution in [3.8, 4) is 5.75 Å². The lowest BCUT2D eigenvalue weighted by atomic mass is 9.99. The van der Waals surface area contributed by atoms with E-state index in [1.54, 1.807) is 0 Å². The molecule has 0 aliphatic heterocycles. The van der Waals surface area contributed by atoms with E-state index in [1.165, 1.54) is 0 Å². The van der Waals surface area contributed by atoms with E-state index >= 15 is 0 Å². The van der Waals surface area contributed by atoms with E-state index in [0.29, 0.717) is 13.0 Å². The second-order valence-electron chi connectivity index (χ2n) is 5.25. The Labute approximate surface area is 127 Å². The molecule has 1 aromatic carbocycles. The van der Waals surface area contributed by atoms with Gasteiger partial charge in [-0.25, -0.2) is 0 Å². The highest BCUT2D eigenvalue weighted by atomic mass is 79.9. The quantitative estimate of drug-likeness (QED) is 0.836. The van der Waals surface area contributed by atoms with Gasteiger partial charge in [-0.15, -0.1) is 0 Å². The lowest BCUT2D eigenvalue weighted by molar-refractivity contribution is -0.124. The molecule has 5 heteroatoms. The van der Waals surface area contributed by atoms with E-state index in [4.69, 9.17) is 4.74 Å². The smallest absolute Gasteiger partial charge is 0.223 e. The van der Waals surface area contributed by atoms with Crippen LogP contribution < -0.4 is 10.1 Å². The normalized spacial score (nSPS) is 16.9. The standard InChI is InChI=1S/C15H20BrNO3/c16-12-3-5-13(6-4-12)20-10-7-14(19)17-15(11-18)8-1-2-9-15/h3-6,18H,1-2,7-11H2,(H,17,19). The van der Waals surface area contributed by atoms with Crippen molar-refractivity contribution < 1.29 is 14.6 Å². The van der Waals surface area contributed by atoms with Crippen LogP contribution in [-0.2, 0) is 4.79 Å². The van der Waals surface area contributed by atoms with Gasteiger partial charge in [-0.05, 0) is 37.1 Å². The summed E-state index contributed by atoms with van der Waals surface area (Å²) in [4.78, 5) is 11.9. The maximum Gasteiger partial charge on any atom is 0.223 e. The fraction of sp³-hybridized carbons (Fsp3) is 0.533. The van der Waals surface area contributed by atoms with E-state index < -0.39 is 5.54 Å². The molecule has 1 saturated carbocycles. The lowest BCUT2D eigenvalue weighted by Crippen LogP contribution is -2.49. The number of nitrogens with one attached hydrogen (secondary N) is 1. The van der Waals surface area contributed by atoms with Gasteiger partial charge in [0.1, 0.15) is 5.75 Å². The molecule has 0 radical (unpaired) electrons. The van der Waals surface area contributed by atoms with Gasteiger partial charge in [-0.3, -0.25) is 4.79 Å². The van der Waals surface area contributed by atoms with Crippen molar-refractivity contribution in [2.45, 2.75) is 37.6 Å². The molecule has 1 aromatic rings. The maximum atomic E-state index is 11.9. The van der Waals surface area contributed by atoms with Crippen LogP contribution in [0.25, 0.3) is 0 Å². The topological polar surface area (TPSA) is 58.6 Å². The molecule has 1 aliphatic carbocycles. The number of halogens is 1. The Balaban J connectivity index is 1.73. The Bertz CT molecular complexity index is 441. The summed E-state index contributed by atoms with van der Waals surface area (Å²) in [7, 11) is 0. The number of aliphatic hydroxyl groups excluding tert-OH is 1. The molecular weight excluding hydrogens is 322 g/mol. The van der Waals surface area contributed by atoms with E-state index in [-0.39, 0.29) is 12.5 Å². The SMILES string of the molecule is O=C(CCOc1ccc(Br)cc1)NC1(CO)CCCC1. The van der Waals surface area contributed by atoms with Crippen molar-refractivity contribution in [2.24, 2.45) is 0 Å². The van der Waals surface area contributed by atoms with Crippen molar-refractivity contribution in [1.29, 1.82) is 0 Å². The molecule has 110 valence electrons. The van der Waals surface area contributed by atoms with Gasteiger partial charge in [0.15, 0.2) is 0 Å². The summed E-state index contributed by atoms with van der Waals surface area (Å²) < 4.78 is 6.51. The molecule has 2 rings (SSSR count). The fourth-order valence-corrected chi connectivity index (χ4v) is 2.79. The third kappa shape index (κ3) is 4.21. The van der Waals surface area contributed by atoms with Crippen LogP contribution >= 0.6 is 15.9 Å². The van der Waals surface area contributed by atoms with Gasteiger partial charge in [0.05, 0.1) is 25.2 Å². The number of hydrogen-bond donors (Lipinski definition) is 2. The number of ether oxygens (including phenoxy) is 1. The number of amides is 1. The molecule has 1 aliphatic rings. The number of carbonyl (C=O) groups is 1. The van der Waals surface area contributed by atoms with Crippen LogP contribution in [-0.4, -0.2) is 29.8 Å². The summed E-state index contributed by atoms with van der Waals surface area (Å²) in [5.74, 6) is 0.691. The van der Waals surface area contributed by atoms with Crippen molar-refractivity contribution in [2.75, 3.05) is 13.2 Å². The van der Waals surface area contributed by atoms with Gasteiger partial charge in [-0.2, -0.15) is 0 Å². The minimum atomic E-state index is -0.394. The third-order valence-corrected chi connectivity index (χ3v) is 4.21. The van der Waals surface area contributed by atoms with Crippen LogP contribution in [0.4, 0.5) is 0 Å². The molecule has 2 N–H and O–H groups in total. The zero-order valence-corrected chi connectivity index (χ0v) is 13.0. The van der Waals surface area contributed by atoms with Gasteiger partial charge in [-0.1, -0.05) is 28.8 Å². The van der Waals surface area contributed by atoms with Crippen molar-refractivity contribution in [3.05, 3.63) is 28.7 Å². The van der Waals surface area contributed by atoms with Gasteiger partial charge < -0.3 is 15.2 Å². The predicted octanol–water partition coefficient (Wildman–Crippen LogP) is 2.64. The highest BCUT2D eigenvalue weighted by Gasteiger charge is 2.34. The van der Waals surface area contributed by atoms with Gasteiger partial charge in [0, 0.05) is 4.47 Å². The molecule has 20 heavy (non-hydrogen) atoms. The molecule has 0 atom stereocenters. The zero-order chi connectivity index (χ0) is 14.4. The Morgan fingerprint density at radius 1 is 1.30 bits per heavy atom. The largest absolute Gasteiger partial charge is 0.493 e. The van der Waals surface area contributed by atoms with E-state index in [0.717, 1.165) is 35.9 Å². The van der Waals surface area contributed by atoms with Crippen molar-refractivity contribution in [1.82, 2.24) is 5.32 Å². The highest BCUT2D eigenvalue weighted by molar-refractivity contribution is 9.10. The van der Waals surface area contributed by atoms with Crippen LogP contribution in [0.5, 0.6) is 5.75 Å². The van der Waals surface area contributed by atoms with Crippen molar-refractivity contribution in [3.63, 3.8) is 0 Å². The van der Waals surface area contributed by atoms with E-state index in [1.807, 2.05) is 24.3 Å². The van der Waals surface area contributed by atoms with Crippen LogP contribution in [0.2, 0.25) is 0 Å². The number of benzene rings is 1. The lowest BCUT2D eigenvalue weighted by Gasteiger charge is -2.27. The minimum Gasteiger partial charge on any atom is -0.493 e. The average molecular weight is 342 g/mol. The van der Waals surface area contributed by atoms with E-state index in [2.05, 4.69) is 21.2 Å². The predicted molar refractivity (Wildman–Crippen MR) is 80.7 cm³/mol. The Hall–Kier alpha value is -1.07. The summed E-state index contributed by atoms with van der Waals surface area (Å²) >= 11 is 3.36. The summed E-state index contributed by atoms with van der Waals surface area (Å²) in [6.07, 6.45) is 4.16.